The highest BCUT2D eigenvalue weighted by molar-refractivity contribution is 6.05. The molecule has 0 atom stereocenters. The van der Waals surface area contributed by atoms with Crippen LogP contribution >= 0.6 is 0 Å². The molecule has 6 heteroatoms. The molecule has 0 radical (unpaired) electrons. The minimum atomic E-state index is -0.304. The van der Waals surface area contributed by atoms with Crippen LogP contribution < -0.4 is 10.6 Å². The molecule has 0 bridgehead atoms. The number of rotatable bonds is 6. The van der Waals surface area contributed by atoms with Gasteiger partial charge in [0, 0.05) is 42.0 Å². The second-order valence-electron chi connectivity index (χ2n) is 8.64. The molecule has 1 saturated heterocycles. The molecule has 2 aromatic rings. The van der Waals surface area contributed by atoms with E-state index < -0.39 is 0 Å². The topological polar surface area (TPSA) is 70.7 Å². The molecule has 1 aliphatic rings. The van der Waals surface area contributed by atoms with Crippen LogP contribution in [0.5, 0.6) is 0 Å². The van der Waals surface area contributed by atoms with Gasteiger partial charge in [0.05, 0.1) is 13.2 Å². The van der Waals surface area contributed by atoms with Crippen LogP contribution in [0, 0.1) is 0 Å². The van der Waals surface area contributed by atoms with Gasteiger partial charge in [-0.3, -0.25) is 14.5 Å². The summed E-state index contributed by atoms with van der Waals surface area (Å²) in [6.07, 6.45) is 0.978. The number of nitrogens with zero attached hydrogens (tertiary/aromatic N) is 1. The van der Waals surface area contributed by atoms with Gasteiger partial charge >= 0.3 is 0 Å². The Morgan fingerprint density at radius 1 is 0.900 bits per heavy atom. The third-order valence-electron chi connectivity index (χ3n) is 4.93. The van der Waals surface area contributed by atoms with E-state index in [9.17, 15) is 9.59 Å². The van der Waals surface area contributed by atoms with Gasteiger partial charge in [-0.2, -0.15) is 0 Å². The zero-order valence-corrected chi connectivity index (χ0v) is 18.0. The van der Waals surface area contributed by atoms with E-state index >= 15 is 0 Å². The lowest BCUT2D eigenvalue weighted by molar-refractivity contribution is 0.0384. The smallest absolute Gasteiger partial charge is 0.255 e. The number of nitrogens with one attached hydrogen (secondary N) is 2. The fourth-order valence-electron chi connectivity index (χ4n) is 3.26. The van der Waals surface area contributed by atoms with Crippen molar-refractivity contribution in [1.29, 1.82) is 0 Å². The van der Waals surface area contributed by atoms with E-state index in [4.69, 9.17) is 4.74 Å². The number of benzene rings is 2. The van der Waals surface area contributed by atoms with Gasteiger partial charge in [0.1, 0.15) is 0 Å². The van der Waals surface area contributed by atoms with E-state index in [0.29, 0.717) is 11.1 Å². The molecule has 160 valence electrons. The maximum atomic E-state index is 12.5. The summed E-state index contributed by atoms with van der Waals surface area (Å²) in [5.74, 6) is -0.346. The Morgan fingerprint density at radius 3 is 2.03 bits per heavy atom. The number of anilines is 1. The van der Waals surface area contributed by atoms with Gasteiger partial charge in [0.2, 0.25) is 0 Å². The lowest BCUT2D eigenvalue weighted by atomic mass is 10.1. The van der Waals surface area contributed by atoms with E-state index in [1.165, 1.54) is 5.56 Å². The number of hydrogen-bond acceptors (Lipinski definition) is 4. The molecular formula is C24H31N3O3. The number of ether oxygens (including phenoxy) is 1. The molecule has 2 aromatic carbocycles. The molecule has 0 aromatic heterocycles. The van der Waals surface area contributed by atoms with Crippen molar-refractivity contribution in [2.45, 2.75) is 32.7 Å². The number of morpholine rings is 1. The monoisotopic (exact) mass is 409 g/mol. The highest BCUT2D eigenvalue weighted by atomic mass is 16.5. The first-order valence-electron chi connectivity index (χ1n) is 10.4. The van der Waals surface area contributed by atoms with Crippen molar-refractivity contribution in [3.63, 3.8) is 0 Å². The van der Waals surface area contributed by atoms with Crippen molar-refractivity contribution in [2.75, 3.05) is 38.2 Å². The molecule has 1 fully saturated rings. The average Bonchev–Trinajstić information content (AvgIpc) is 2.73. The summed E-state index contributed by atoms with van der Waals surface area (Å²) < 4.78 is 5.38. The van der Waals surface area contributed by atoms with E-state index in [0.717, 1.165) is 45.0 Å². The van der Waals surface area contributed by atoms with E-state index in [1.807, 2.05) is 32.9 Å². The lowest BCUT2D eigenvalue weighted by Gasteiger charge is -2.26. The lowest BCUT2D eigenvalue weighted by Crippen LogP contribution is -2.40. The highest BCUT2D eigenvalue weighted by Crippen LogP contribution is 2.14. The predicted octanol–water partition coefficient (Wildman–Crippen LogP) is 3.34. The quantitative estimate of drug-likeness (QED) is 0.768. The Kier molecular flexibility index (Phi) is 7.24. The SMILES string of the molecule is CC(C)(C)NC(=O)c1ccc(C(=O)Nc2ccc(CCN3CCOCC3)cc2)cc1. The molecule has 1 aliphatic heterocycles. The maximum absolute atomic E-state index is 12.5. The van der Waals surface area contributed by atoms with E-state index in [1.54, 1.807) is 24.3 Å². The summed E-state index contributed by atoms with van der Waals surface area (Å²) in [5.41, 5.74) is 2.74. The Hall–Kier alpha value is -2.70. The number of amides is 2. The summed E-state index contributed by atoms with van der Waals surface area (Å²) in [4.78, 5) is 27.1. The average molecular weight is 410 g/mol. The first-order chi connectivity index (χ1) is 14.3. The van der Waals surface area contributed by atoms with Gasteiger partial charge < -0.3 is 15.4 Å². The number of carbonyl (C=O) groups is 2. The third-order valence-corrected chi connectivity index (χ3v) is 4.93. The molecule has 0 aliphatic carbocycles. The zero-order valence-electron chi connectivity index (χ0n) is 18.0. The highest BCUT2D eigenvalue weighted by Gasteiger charge is 2.16. The first-order valence-corrected chi connectivity index (χ1v) is 10.4. The Labute approximate surface area is 178 Å². The number of carbonyl (C=O) groups excluding carboxylic acids is 2. The van der Waals surface area contributed by atoms with Crippen molar-refractivity contribution in [1.82, 2.24) is 10.2 Å². The predicted molar refractivity (Wildman–Crippen MR) is 119 cm³/mol. The molecule has 0 unspecified atom stereocenters. The summed E-state index contributed by atoms with van der Waals surface area (Å²) in [6, 6.07) is 14.6. The molecule has 6 nitrogen and oxygen atoms in total. The minimum Gasteiger partial charge on any atom is -0.379 e. The summed E-state index contributed by atoms with van der Waals surface area (Å²) in [7, 11) is 0. The van der Waals surface area contributed by atoms with Gasteiger partial charge in [0.25, 0.3) is 11.8 Å². The van der Waals surface area contributed by atoms with Crippen LogP contribution in [0.1, 0.15) is 47.1 Å². The second-order valence-corrected chi connectivity index (χ2v) is 8.64. The summed E-state index contributed by atoms with van der Waals surface area (Å²) in [5, 5.41) is 5.82. The molecular weight excluding hydrogens is 378 g/mol. The van der Waals surface area contributed by atoms with Gasteiger partial charge in [-0.05, 0) is 69.2 Å². The van der Waals surface area contributed by atoms with Crippen molar-refractivity contribution in [3.8, 4) is 0 Å². The molecule has 2 N–H and O–H groups in total. The van der Waals surface area contributed by atoms with Crippen LogP contribution in [0.4, 0.5) is 5.69 Å². The second kappa shape index (κ2) is 9.87. The van der Waals surface area contributed by atoms with Crippen LogP contribution in [0.15, 0.2) is 48.5 Å². The molecule has 2 amide bonds. The van der Waals surface area contributed by atoms with Crippen LogP contribution in [0.25, 0.3) is 0 Å². The van der Waals surface area contributed by atoms with Gasteiger partial charge in [-0.1, -0.05) is 12.1 Å². The fraction of sp³-hybridized carbons (Fsp3) is 0.417. The van der Waals surface area contributed by atoms with Crippen molar-refractivity contribution in [3.05, 3.63) is 65.2 Å². The fourth-order valence-corrected chi connectivity index (χ4v) is 3.26. The Balaban J connectivity index is 1.52. The van der Waals surface area contributed by atoms with Crippen LogP contribution in [-0.4, -0.2) is 55.1 Å². The van der Waals surface area contributed by atoms with Crippen LogP contribution in [0.3, 0.4) is 0 Å². The van der Waals surface area contributed by atoms with Gasteiger partial charge in [0.15, 0.2) is 0 Å². The Morgan fingerprint density at radius 2 is 1.47 bits per heavy atom. The van der Waals surface area contributed by atoms with Crippen molar-refractivity contribution >= 4 is 17.5 Å². The molecule has 1 heterocycles. The number of hydrogen-bond donors (Lipinski definition) is 2. The maximum Gasteiger partial charge on any atom is 0.255 e. The van der Waals surface area contributed by atoms with Gasteiger partial charge in [-0.25, -0.2) is 0 Å². The molecule has 3 rings (SSSR count). The molecule has 0 saturated carbocycles. The molecule has 0 spiro atoms. The largest absolute Gasteiger partial charge is 0.379 e. The normalized spacial score (nSPS) is 14.9. The standard InChI is InChI=1S/C24H31N3O3/c1-24(2,3)26-23(29)20-8-6-19(7-9-20)22(28)25-21-10-4-18(5-11-21)12-13-27-14-16-30-17-15-27/h4-11H,12-17H2,1-3H3,(H,25,28)(H,26,29). The zero-order chi connectivity index (χ0) is 21.6. The summed E-state index contributed by atoms with van der Waals surface area (Å²) >= 11 is 0. The first kappa shape index (κ1) is 22.0. The van der Waals surface area contributed by atoms with Crippen LogP contribution in [-0.2, 0) is 11.2 Å². The van der Waals surface area contributed by atoms with E-state index in [-0.39, 0.29) is 17.4 Å². The van der Waals surface area contributed by atoms with E-state index in [2.05, 4.69) is 27.7 Å². The summed E-state index contributed by atoms with van der Waals surface area (Å²) in [6.45, 7) is 10.4. The third kappa shape index (κ3) is 6.68. The Bertz CT molecular complexity index is 849. The van der Waals surface area contributed by atoms with Gasteiger partial charge in [-0.15, -0.1) is 0 Å². The van der Waals surface area contributed by atoms with Crippen LogP contribution in [0.2, 0.25) is 0 Å². The van der Waals surface area contributed by atoms with Crippen molar-refractivity contribution in [2.24, 2.45) is 0 Å². The molecule has 30 heavy (non-hydrogen) atoms. The minimum absolute atomic E-state index is 0.151. The van der Waals surface area contributed by atoms with Crippen molar-refractivity contribution < 1.29 is 14.3 Å².